The van der Waals surface area contributed by atoms with Crippen molar-refractivity contribution in [2.24, 2.45) is 23.3 Å². The number of nitrogens with zero attached hydrogens (tertiary/aromatic N) is 1. The lowest BCUT2D eigenvalue weighted by atomic mass is 9.82. The van der Waals surface area contributed by atoms with Crippen LogP contribution in [0.2, 0.25) is 5.02 Å². The van der Waals surface area contributed by atoms with Crippen molar-refractivity contribution in [3.8, 4) is 0 Å². The van der Waals surface area contributed by atoms with Crippen LogP contribution in [0, 0.1) is 11.8 Å². The van der Waals surface area contributed by atoms with E-state index in [4.69, 9.17) is 23.1 Å². The van der Waals surface area contributed by atoms with Gasteiger partial charge in [-0.3, -0.25) is 4.79 Å². The van der Waals surface area contributed by atoms with Crippen LogP contribution in [0.25, 0.3) is 0 Å². The van der Waals surface area contributed by atoms with E-state index in [1.807, 2.05) is 30.3 Å². The molecule has 1 saturated carbocycles. The van der Waals surface area contributed by atoms with E-state index >= 15 is 0 Å². The first-order valence-electron chi connectivity index (χ1n) is 9.78. The van der Waals surface area contributed by atoms with E-state index in [2.05, 4.69) is 15.6 Å². The highest BCUT2D eigenvalue weighted by molar-refractivity contribution is 6.31. The fourth-order valence-electron chi connectivity index (χ4n) is 3.65. The molecular weight excluding hydrogens is 374 g/mol. The van der Waals surface area contributed by atoms with E-state index in [1.165, 1.54) is 19.0 Å². The lowest BCUT2D eigenvalue weighted by molar-refractivity contribution is 0.100. The largest absolute Gasteiger partial charge is 0.384 e. The molecule has 6 N–H and O–H groups in total. The molecule has 1 amide bonds. The minimum absolute atomic E-state index is 0.402. The number of carbonyl (C=O) groups is 1. The van der Waals surface area contributed by atoms with E-state index in [1.54, 1.807) is 0 Å². The van der Waals surface area contributed by atoms with Gasteiger partial charge in [0.05, 0.1) is 11.3 Å². The van der Waals surface area contributed by atoms with Gasteiger partial charge in [0.15, 0.2) is 0 Å². The Kier molecular flexibility index (Phi) is 7.12. The number of hydrogen-bond acceptors (Lipinski definition) is 5. The van der Waals surface area contributed by atoms with Crippen LogP contribution in [0.3, 0.4) is 0 Å². The zero-order valence-corrected chi connectivity index (χ0v) is 16.7. The zero-order valence-electron chi connectivity index (χ0n) is 16.0. The van der Waals surface area contributed by atoms with E-state index in [0.717, 1.165) is 31.5 Å². The molecule has 0 atom stereocenters. The Balaban J connectivity index is 1.64. The molecule has 2 aromatic rings. The topological polar surface area (TPSA) is 106 Å². The summed E-state index contributed by atoms with van der Waals surface area (Å²) in [6.07, 6.45) is 6.18. The monoisotopic (exact) mass is 401 g/mol. The van der Waals surface area contributed by atoms with Crippen molar-refractivity contribution in [1.82, 2.24) is 4.98 Å². The van der Waals surface area contributed by atoms with Crippen molar-refractivity contribution in [3.63, 3.8) is 0 Å². The number of amides is 1. The molecule has 0 saturated heterocycles. The molecule has 0 spiro atoms. The van der Waals surface area contributed by atoms with Gasteiger partial charge in [0, 0.05) is 30.4 Å². The third-order valence-corrected chi connectivity index (χ3v) is 5.84. The Morgan fingerprint density at radius 3 is 2.54 bits per heavy atom. The number of halogens is 1. The van der Waals surface area contributed by atoms with E-state index in [0.29, 0.717) is 40.5 Å². The molecule has 1 fully saturated rings. The van der Waals surface area contributed by atoms with Crippen molar-refractivity contribution in [3.05, 3.63) is 52.7 Å². The van der Waals surface area contributed by atoms with E-state index in [-0.39, 0.29) is 0 Å². The van der Waals surface area contributed by atoms with Crippen LogP contribution in [-0.2, 0) is 6.54 Å². The second-order valence-corrected chi connectivity index (χ2v) is 7.83. The summed E-state index contributed by atoms with van der Waals surface area (Å²) in [6.45, 7) is 2.13. The second kappa shape index (κ2) is 9.75. The van der Waals surface area contributed by atoms with Crippen molar-refractivity contribution < 1.29 is 4.79 Å². The number of pyridine rings is 1. The lowest BCUT2D eigenvalue weighted by Gasteiger charge is -2.28. The van der Waals surface area contributed by atoms with Crippen molar-refractivity contribution in [1.29, 1.82) is 0 Å². The fourth-order valence-corrected chi connectivity index (χ4v) is 3.85. The molecular formula is C21H28ClN5O. The summed E-state index contributed by atoms with van der Waals surface area (Å²) >= 11 is 6.20. The smallest absolute Gasteiger partial charge is 0.252 e. The Morgan fingerprint density at radius 1 is 1.14 bits per heavy atom. The van der Waals surface area contributed by atoms with Gasteiger partial charge in [0.25, 0.3) is 5.91 Å². The summed E-state index contributed by atoms with van der Waals surface area (Å²) in [5, 5.41) is 7.37. The number of nitrogens with two attached hydrogens (primary N) is 2. The summed E-state index contributed by atoms with van der Waals surface area (Å²) in [5.41, 5.74) is 13.4. The van der Waals surface area contributed by atoms with Crippen LogP contribution in [0.4, 0.5) is 11.5 Å². The number of hydrogen-bond donors (Lipinski definition) is 4. The van der Waals surface area contributed by atoms with Gasteiger partial charge in [-0.2, -0.15) is 0 Å². The first-order valence-corrected chi connectivity index (χ1v) is 10.2. The average molecular weight is 402 g/mol. The Bertz CT molecular complexity index is 805. The Hall–Kier alpha value is -2.31. The molecule has 0 unspecified atom stereocenters. The van der Waals surface area contributed by atoms with Crippen LogP contribution in [0.5, 0.6) is 0 Å². The standard InChI is InChI=1S/C21H28ClN5O/c22-18-4-2-1-3-16(18)12-26-20-9-19(17(13-27-20)21(24)28)25-11-15-7-5-14(10-23)6-8-15/h1-4,9,13-15H,5-8,10-12,23H2,(H2,24,28)(H2,25,26,27). The predicted octanol–water partition coefficient (Wildman–Crippen LogP) is 3.62. The van der Waals surface area contributed by atoms with Gasteiger partial charge in [-0.25, -0.2) is 4.98 Å². The minimum Gasteiger partial charge on any atom is -0.384 e. The molecule has 150 valence electrons. The fraction of sp³-hybridized carbons (Fsp3) is 0.429. The van der Waals surface area contributed by atoms with Gasteiger partial charge in [-0.15, -0.1) is 0 Å². The zero-order chi connectivity index (χ0) is 19.9. The molecule has 0 radical (unpaired) electrons. The SMILES string of the molecule is NCC1CCC(CNc2cc(NCc3ccccc3Cl)ncc2C(N)=O)CC1. The molecule has 1 heterocycles. The summed E-state index contributed by atoms with van der Waals surface area (Å²) in [6, 6.07) is 9.49. The number of carbonyl (C=O) groups excluding carboxylic acids is 1. The van der Waals surface area contributed by atoms with Crippen molar-refractivity contribution in [2.45, 2.75) is 32.2 Å². The molecule has 28 heavy (non-hydrogen) atoms. The number of anilines is 2. The first kappa shape index (κ1) is 20.4. The first-order chi connectivity index (χ1) is 13.6. The third-order valence-electron chi connectivity index (χ3n) is 5.47. The maximum atomic E-state index is 11.8. The summed E-state index contributed by atoms with van der Waals surface area (Å²) in [4.78, 5) is 16.1. The highest BCUT2D eigenvalue weighted by atomic mass is 35.5. The number of aromatic nitrogens is 1. The summed E-state index contributed by atoms with van der Waals surface area (Å²) in [7, 11) is 0. The molecule has 1 aliphatic rings. The highest BCUT2D eigenvalue weighted by Crippen LogP contribution is 2.29. The molecule has 0 aliphatic heterocycles. The van der Waals surface area contributed by atoms with Gasteiger partial charge in [-0.1, -0.05) is 29.8 Å². The normalized spacial score (nSPS) is 19.2. The number of rotatable bonds is 8. The highest BCUT2D eigenvalue weighted by Gasteiger charge is 2.20. The Morgan fingerprint density at radius 2 is 1.86 bits per heavy atom. The third kappa shape index (κ3) is 5.36. The Labute approximate surface area is 171 Å². The summed E-state index contributed by atoms with van der Waals surface area (Å²) < 4.78 is 0. The van der Waals surface area contributed by atoms with Crippen molar-refractivity contribution >= 4 is 29.0 Å². The second-order valence-electron chi connectivity index (χ2n) is 7.43. The predicted molar refractivity (Wildman–Crippen MR) is 115 cm³/mol. The minimum atomic E-state index is -0.487. The van der Waals surface area contributed by atoms with Crippen LogP contribution < -0.4 is 22.1 Å². The van der Waals surface area contributed by atoms with Gasteiger partial charge in [-0.05, 0) is 55.7 Å². The average Bonchev–Trinajstić information content (AvgIpc) is 2.72. The van der Waals surface area contributed by atoms with Crippen LogP contribution >= 0.6 is 11.6 Å². The molecule has 7 heteroatoms. The van der Waals surface area contributed by atoms with Crippen LogP contribution in [-0.4, -0.2) is 24.0 Å². The molecule has 1 aliphatic carbocycles. The van der Waals surface area contributed by atoms with Gasteiger partial charge in [0.2, 0.25) is 0 Å². The molecule has 6 nitrogen and oxygen atoms in total. The lowest BCUT2D eigenvalue weighted by Crippen LogP contribution is -2.26. The molecule has 0 bridgehead atoms. The molecule has 1 aromatic carbocycles. The quantitative estimate of drug-likeness (QED) is 0.540. The van der Waals surface area contributed by atoms with Crippen molar-refractivity contribution in [2.75, 3.05) is 23.7 Å². The van der Waals surface area contributed by atoms with Gasteiger partial charge in [0.1, 0.15) is 5.82 Å². The number of primary amides is 1. The maximum Gasteiger partial charge on any atom is 0.252 e. The summed E-state index contributed by atoms with van der Waals surface area (Å²) in [5.74, 6) is 1.41. The van der Waals surface area contributed by atoms with Gasteiger partial charge >= 0.3 is 0 Å². The van der Waals surface area contributed by atoms with Gasteiger partial charge < -0.3 is 22.1 Å². The molecule has 3 rings (SSSR count). The number of benzene rings is 1. The van der Waals surface area contributed by atoms with E-state index in [9.17, 15) is 4.79 Å². The van der Waals surface area contributed by atoms with Crippen LogP contribution in [0.1, 0.15) is 41.6 Å². The van der Waals surface area contributed by atoms with Crippen LogP contribution in [0.15, 0.2) is 36.5 Å². The van der Waals surface area contributed by atoms with E-state index < -0.39 is 5.91 Å². The molecule has 1 aromatic heterocycles. The number of nitrogens with one attached hydrogen (secondary N) is 2. The maximum absolute atomic E-state index is 11.8.